The summed E-state index contributed by atoms with van der Waals surface area (Å²) in [6, 6.07) is 136. The Bertz CT molecular complexity index is 6850. The van der Waals surface area contributed by atoms with Crippen LogP contribution >= 0.6 is 0 Å². The van der Waals surface area contributed by atoms with Gasteiger partial charge in [-0.1, -0.05) is 243 Å². The molecule has 0 radical (unpaired) electrons. The van der Waals surface area contributed by atoms with Gasteiger partial charge < -0.3 is 0 Å². The zero-order valence-electron chi connectivity index (χ0n) is 65.1. The first-order valence-electron chi connectivity index (χ1n) is 40.3. The normalized spacial score (nSPS) is 11.3. The second-order valence-corrected chi connectivity index (χ2v) is 30.3. The molecule has 0 amide bonds. The summed E-state index contributed by atoms with van der Waals surface area (Å²) < 4.78 is 0. The molecule has 22 rings (SSSR count). The Labute approximate surface area is 694 Å². The number of aromatic nitrogens is 8. The van der Waals surface area contributed by atoms with E-state index in [4.69, 9.17) is 9.97 Å². The van der Waals surface area contributed by atoms with Crippen molar-refractivity contribution in [3.63, 3.8) is 0 Å². The Kier molecular flexibility index (Phi) is 18.8. The molecule has 8 heteroatoms. The molecule has 0 saturated heterocycles. The lowest BCUT2D eigenvalue weighted by Crippen LogP contribution is -1.91. The summed E-state index contributed by atoms with van der Waals surface area (Å²) in [6.07, 6.45) is 17.9. The summed E-state index contributed by atoms with van der Waals surface area (Å²) in [7, 11) is 0. The van der Waals surface area contributed by atoms with E-state index in [-0.39, 0.29) is 0 Å². The number of pyridine rings is 4. The first-order chi connectivity index (χ1) is 59.4. The van der Waals surface area contributed by atoms with Crippen molar-refractivity contribution < 1.29 is 0 Å². The van der Waals surface area contributed by atoms with E-state index >= 15 is 0 Å². The van der Waals surface area contributed by atoms with E-state index in [9.17, 15) is 0 Å². The number of rotatable bonds is 14. The van der Waals surface area contributed by atoms with Gasteiger partial charge in [-0.15, -0.1) is 0 Å². The SMILES string of the molecule is c1cc(-c2cncnc2)cc(-c2cccc(-c3cc(-c4cccc(-c5cccc(-c6cncnc6)c5)c4)cc(-c4ccc5c6ccccc6c6ccccc6c5c4)c3)c2)c1.c1cncc(-c2cccc(-c3cccc(-c4cc(-c5cccc(-c6cccc(-c7cccnc7)n6)c5)cc(-c5ccc6c7ccccc7c7ccccc7c6c5)c4)c3)n2)c1. The average molecular weight is 1530 g/mol. The number of nitrogens with zero attached hydrogens (tertiary/aromatic N) is 8. The quantitative estimate of drug-likeness (QED) is 0.0992. The third-order valence-corrected chi connectivity index (χ3v) is 23.0. The third-order valence-electron chi connectivity index (χ3n) is 23.0. The molecule has 0 unspecified atom stereocenters. The number of hydrogen-bond donors (Lipinski definition) is 0. The summed E-state index contributed by atoms with van der Waals surface area (Å²) in [5.74, 6) is 0. The number of hydrogen-bond acceptors (Lipinski definition) is 8. The van der Waals surface area contributed by atoms with Crippen LogP contribution in [0.1, 0.15) is 0 Å². The van der Waals surface area contributed by atoms with Gasteiger partial charge in [0.05, 0.1) is 22.8 Å². The lowest BCUT2D eigenvalue weighted by atomic mass is 9.89. The Morgan fingerprint density at radius 2 is 0.317 bits per heavy atom. The van der Waals surface area contributed by atoms with Gasteiger partial charge in [-0.05, 0) is 298 Å². The lowest BCUT2D eigenvalue weighted by Gasteiger charge is -2.15. The van der Waals surface area contributed by atoms with Crippen LogP contribution in [-0.4, -0.2) is 39.9 Å². The van der Waals surface area contributed by atoms with Gasteiger partial charge in [0.2, 0.25) is 0 Å². The van der Waals surface area contributed by atoms with Crippen molar-refractivity contribution in [2.24, 2.45) is 0 Å². The van der Waals surface area contributed by atoms with Gasteiger partial charge in [-0.3, -0.25) is 9.97 Å². The van der Waals surface area contributed by atoms with Crippen molar-refractivity contribution in [1.82, 2.24) is 39.9 Å². The third kappa shape index (κ3) is 14.2. The average Bonchev–Trinajstić information content (AvgIpc) is 0.743. The van der Waals surface area contributed by atoms with Gasteiger partial charge in [-0.2, -0.15) is 0 Å². The summed E-state index contributed by atoms with van der Waals surface area (Å²) in [5.41, 5.74) is 30.1. The van der Waals surface area contributed by atoms with Crippen LogP contribution in [-0.2, 0) is 0 Å². The van der Waals surface area contributed by atoms with Gasteiger partial charge in [0.1, 0.15) is 12.7 Å². The van der Waals surface area contributed by atoms with Gasteiger partial charge in [0.25, 0.3) is 0 Å². The fourth-order valence-electron chi connectivity index (χ4n) is 17.1. The van der Waals surface area contributed by atoms with E-state index in [0.29, 0.717) is 0 Å². The molecule has 16 aromatic carbocycles. The molecule has 0 saturated carbocycles. The summed E-state index contributed by atoms with van der Waals surface area (Å²) in [4.78, 5) is 35.8. The molecule has 0 fully saturated rings. The van der Waals surface area contributed by atoms with Crippen LogP contribution in [0.3, 0.4) is 0 Å². The molecule has 0 N–H and O–H groups in total. The second kappa shape index (κ2) is 31.6. The van der Waals surface area contributed by atoms with Crippen LogP contribution in [0, 0.1) is 0 Å². The van der Waals surface area contributed by atoms with Crippen molar-refractivity contribution in [3.8, 4) is 156 Å². The maximum Gasteiger partial charge on any atom is 0.115 e. The van der Waals surface area contributed by atoms with Crippen molar-refractivity contribution in [2.75, 3.05) is 0 Å². The maximum absolute atomic E-state index is 5.07. The van der Waals surface area contributed by atoms with Gasteiger partial charge >= 0.3 is 0 Å². The van der Waals surface area contributed by atoms with E-state index in [2.05, 4.69) is 370 Å². The van der Waals surface area contributed by atoms with Crippen molar-refractivity contribution >= 4 is 64.6 Å². The van der Waals surface area contributed by atoms with E-state index in [1.165, 1.54) is 70.2 Å². The van der Waals surface area contributed by atoms with Gasteiger partial charge in [0.15, 0.2) is 0 Å². The van der Waals surface area contributed by atoms with E-state index < -0.39 is 0 Å². The van der Waals surface area contributed by atoms with E-state index in [0.717, 1.165) is 151 Å². The molecule has 0 aliphatic heterocycles. The highest BCUT2D eigenvalue weighted by atomic mass is 14.8. The minimum atomic E-state index is 0.896. The fourth-order valence-corrected chi connectivity index (χ4v) is 17.1. The van der Waals surface area contributed by atoms with Crippen LogP contribution in [0.25, 0.3) is 221 Å². The standard InChI is InChI=1S/2C56H36N4/c1-2-19-49-47(17-1)48-18-3-4-20-50(48)52-34-39(25-26-51(49)52)46-32-44(37-11-5-13-40(29-37)53-21-7-23-55(59-53)42-15-9-27-57-35-42)31-45(33-46)38-12-6-14-41(30-38)54-22-8-24-56(60-54)43-16-10-28-58-36-43;1-2-19-53-51(17-1)52-18-3-4-20-54(52)56-30-45(21-22-55(53)56)48-28-46(41-13-5-9-37(23-41)39-11-7-15-43(25-39)49-31-57-35-58-32-49)27-47(29-48)42-14-6-10-38(24-42)40-12-8-16-44(26-40)50-33-59-36-60-34-50/h2*1-36H. The molecule has 120 heavy (non-hydrogen) atoms. The molecular formula is C112H72N8. The highest BCUT2D eigenvalue weighted by Gasteiger charge is 2.19. The van der Waals surface area contributed by atoms with Crippen molar-refractivity contribution in [2.45, 2.75) is 0 Å². The molecule has 0 atom stereocenters. The van der Waals surface area contributed by atoms with Gasteiger partial charge in [0, 0.05) is 83.0 Å². The van der Waals surface area contributed by atoms with Crippen LogP contribution in [0.5, 0.6) is 0 Å². The molecule has 0 bridgehead atoms. The van der Waals surface area contributed by atoms with Gasteiger partial charge in [-0.25, -0.2) is 29.9 Å². The predicted molar refractivity (Wildman–Crippen MR) is 496 cm³/mol. The highest BCUT2D eigenvalue weighted by molar-refractivity contribution is 6.27. The zero-order valence-corrected chi connectivity index (χ0v) is 65.1. The molecular weight excluding hydrogens is 1460 g/mol. The molecule has 0 aliphatic carbocycles. The zero-order chi connectivity index (χ0) is 79.7. The highest BCUT2D eigenvalue weighted by Crippen LogP contribution is 2.44. The first-order valence-corrected chi connectivity index (χ1v) is 40.3. The molecule has 6 aromatic heterocycles. The molecule has 560 valence electrons. The maximum atomic E-state index is 5.07. The topological polar surface area (TPSA) is 103 Å². The monoisotopic (exact) mass is 1530 g/mol. The summed E-state index contributed by atoms with van der Waals surface area (Å²) in [6.45, 7) is 0. The minimum Gasteiger partial charge on any atom is -0.264 e. The molecule has 8 nitrogen and oxygen atoms in total. The Balaban J connectivity index is 0.000000148. The van der Waals surface area contributed by atoms with Crippen molar-refractivity contribution in [3.05, 3.63) is 438 Å². The predicted octanol–water partition coefficient (Wildman–Crippen LogP) is 28.8. The van der Waals surface area contributed by atoms with Crippen molar-refractivity contribution in [1.29, 1.82) is 0 Å². The van der Waals surface area contributed by atoms with Crippen LogP contribution < -0.4 is 0 Å². The first kappa shape index (κ1) is 71.6. The van der Waals surface area contributed by atoms with Crippen LogP contribution in [0.4, 0.5) is 0 Å². The lowest BCUT2D eigenvalue weighted by molar-refractivity contribution is 1.17. The smallest absolute Gasteiger partial charge is 0.115 e. The van der Waals surface area contributed by atoms with Crippen LogP contribution in [0.2, 0.25) is 0 Å². The number of benzene rings is 16. The molecule has 6 heterocycles. The summed E-state index contributed by atoms with van der Waals surface area (Å²) >= 11 is 0. The Morgan fingerprint density at radius 3 is 0.600 bits per heavy atom. The second-order valence-electron chi connectivity index (χ2n) is 30.3. The van der Waals surface area contributed by atoms with E-state index in [1.54, 1.807) is 25.0 Å². The largest absolute Gasteiger partial charge is 0.264 e. The fraction of sp³-hybridized carbons (Fsp3) is 0. The van der Waals surface area contributed by atoms with E-state index in [1.807, 2.05) is 73.6 Å². The molecule has 0 spiro atoms. The minimum absolute atomic E-state index is 0.896. The Morgan fingerprint density at radius 1 is 0.117 bits per heavy atom. The molecule has 0 aliphatic rings. The summed E-state index contributed by atoms with van der Waals surface area (Å²) in [5, 5.41) is 15.2. The Hall–Kier alpha value is -16.2. The number of fused-ring (bicyclic) bond motifs is 12. The van der Waals surface area contributed by atoms with Crippen LogP contribution in [0.15, 0.2) is 438 Å². The molecule has 22 aromatic rings.